The second kappa shape index (κ2) is 9.91. The summed E-state index contributed by atoms with van der Waals surface area (Å²) in [7, 11) is 0. The molecule has 1 unspecified atom stereocenters. The van der Waals surface area contributed by atoms with E-state index < -0.39 is 23.8 Å². The standard InChI is InChI=1S/C32H29N7O4/c40-28-10-9-27(30(41)35-28)39-31(42)21-8-5-18(13-22(21)32(39)43)11-12-37-15-20(16-37)38-17-23(29(36-38)19-6-7-19)26-14-33-24-3-1-2-4-25(24)34-26/h1-5,8,13-14,17,19-20,27H,6-7,9-12,15-16H2,(H,35,40,41). The number of amides is 4. The number of nitrogens with zero attached hydrogens (tertiary/aromatic N) is 6. The van der Waals surface area contributed by atoms with Gasteiger partial charge in [0.25, 0.3) is 11.8 Å². The van der Waals surface area contributed by atoms with Gasteiger partial charge in [0.05, 0.1) is 45.8 Å². The van der Waals surface area contributed by atoms with E-state index in [0.717, 1.165) is 77.3 Å². The molecule has 43 heavy (non-hydrogen) atoms. The smallest absolute Gasteiger partial charge is 0.262 e. The van der Waals surface area contributed by atoms with Crippen molar-refractivity contribution in [3.63, 3.8) is 0 Å². The SMILES string of the molecule is O=C1CCC(N2C(=O)c3ccc(CCN4CC(n5cc(-c6cnc7ccccc7n6)c(C6CC6)n5)C4)cc3C2=O)C(=O)N1. The average molecular weight is 576 g/mol. The summed E-state index contributed by atoms with van der Waals surface area (Å²) in [5, 5.41) is 7.25. The van der Waals surface area contributed by atoms with Gasteiger partial charge in [-0.3, -0.25) is 44.0 Å². The van der Waals surface area contributed by atoms with Crippen LogP contribution in [-0.4, -0.2) is 78.9 Å². The highest BCUT2D eigenvalue weighted by Crippen LogP contribution is 2.44. The van der Waals surface area contributed by atoms with Gasteiger partial charge in [-0.25, -0.2) is 4.98 Å². The van der Waals surface area contributed by atoms with Crippen LogP contribution in [0.3, 0.4) is 0 Å². The van der Waals surface area contributed by atoms with Gasteiger partial charge >= 0.3 is 0 Å². The van der Waals surface area contributed by atoms with Crippen LogP contribution in [0.2, 0.25) is 0 Å². The molecule has 5 heterocycles. The molecule has 11 nitrogen and oxygen atoms in total. The number of imide groups is 2. The average Bonchev–Trinajstić information content (AvgIpc) is 3.70. The van der Waals surface area contributed by atoms with Crippen LogP contribution < -0.4 is 5.32 Å². The van der Waals surface area contributed by atoms with Crippen molar-refractivity contribution in [2.24, 2.45) is 0 Å². The number of para-hydroxylation sites is 2. The minimum atomic E-state index is -0.955. The van der Waals surface area contributed by atoms with E-state index in [1.165, 1.54) is 0 Å². The lowest BCUT2D eigenvalue weighted by Crippen LogP contribution is -2.54. The van der Waals surface area contributed by atoms with E-state index in [4.69, 9.17) is 10.1 Å². The third-order valence-electron chi connectivity index (χ3n) is 8.98. The molecule has 3 fully saturated rings. The summed E-state index contributed by atoms with van der Waals surface area (Å²) in [6, 6.07) is 12.5. The van der Waals surface area contributed by atoms with Crippen molar-refractivity contribution >= 4 is 34.7 Å². The number of fused-ring (bicyclic) bond motifs is 2. The number of carbonyl (C=O) groups is 4. The predicted octanol–water partition coefficient (Wildman–Crippen LogP) is 2.87. The number of benzene rings is 2. The van der Waals surface area contributed by atoms with Crippen LogP contribution in [-0.2, 0) is 16.0 Å². The quantitative estimate of drug-likeness (QED) is 0.333. The van der Waals surface area contributed by atoms with Gasteiger partial charge in [0.1, 0.15) is 6.04 Å². The second-order valence-electron chi connectivity index (χ2n) is 11.9. The Morgan fingerprint density at radius 3 is 2.47 bits per heavy atom. The van der Waals surface area contributed by atoms with Crippen molar-refractivity contribution in [3.05, 3.63) is 77.2 Å². The van der Waals surface area contributed by atoms with E-state index in [1.54, 1.807) is 12.1 Å². The van der Waals surface area contributed by atoms with Crippen LogP contribution in [0.25, 0.3) is 22.3 Å². The number of likely N-dealkylation sites (tertiary alicyclic amines) is 1. The first kappa shape index (κ1) is 25.9. The van der Waals surface area contributed by atoms with Crippen LogP contribution in [0.15, 0.2) is 54.9 Å². The highest BCUT2D eigenvalue weighted by atomic mass is 16.2. The van der Waals surface area contributed by atoms with Gasteiger partial charge in [-0.2, -0.15) is 5.10 Å². The fourth-order valence-electron chi connectivity index (χ4n) is 6.39. The van der Waals surface area contributed by atoms with Crippen molar-refractivity contribution in [3.8, 4) is 11.3 Å². The van der Waals surface area contributed by atoms with Crippen molar-refractivity contribution < 1.29 is 19.2 Å². The number of aromatic nitrogens is 4. The third kappa shape index (κ3) is 4.51. The number of piperidine rings is 1. The molecule has 1 atom stereocenters. The lowest BCUT2D eigenvalue weighted by atomic mass is 10.0. The van der Waals surface area contributed by atoms with Gasteiger partial charge < -0.3 is 0 Å². The Hall–Kier alpha value is -4.77. The first-order chi connectivity index (χ1) is 20.9. The fourth-order valence-corrected chi connectivity index (χ4v) is 6.39. The second-order valence-corrected chi connectivity index (χ2v) is 11.9. The van der Waals surface area contributed by atoms with Crippen LogP contribution in [0.5, 0.6) is 0 Å². The van der Waals surface area contributed by atoms with E-state index in [-0.39, 0.29) is 24.8 Å². The predicted molar refractivity (Wildman–Crippen MR) is 155 cm³/mol. The largest absolute Gasteiger partial charge is 0.299 e. The van der Waals surface area contributed by atoms with Gasteiger partial charge in [-0.05, 0) is 55.5 Å². The Balaban J connectivity index is 0.923. The van der Waals surface area contributed by atoms with Gasteiger partial charge in [0.2, 0.25) is 11.8 Å². The Bertz CT molecular complexity index is 1840. The summed E-state index contributed by atoms with van der Waals surface area (Å²) < 4.78 is 2.10. The maximum atomic E-state index is 13.2. The molecule has 2 saturated heterocycles. The number of nitrogens with one attached hydrogen (secondary N) is 1. The Labute approximate surface area is 246 Å². The fraction of sp³-hybridized carbons (Fsp3) is 0.344. The minimum Gasteiger partial charge on any atom is -0.299 e. The normalized spacial score (nSPS) is 20.9. The van der Waals surface area contributed by atoms with Crippen molar-refractivity contribution in [1.82, 2.24) is 34.9 Å². The van der Waals surface area contributed by atoms with E-state index in [1.807, 2.05) is 36.5 Å². The molecule has 0 radical (unpaired) electrons. The first-order valence-corrected chi connectivity index (χ1v) is 14.8. The molecule has 1 aliphatic carbocycles. The molecule has 216 valence electrons. The molecular weight excluding hydrogens is 546 g/mol. The highest BCUT2D eigenvalue weighted by molar-refractivity contribution is 6.23. The van der Waals surface area contributed by atoms with Gasteiger partial charge in [0, 0.05) is 43.7 Å². The van der Waals surface area contributed by atoms with Crippen LogP contribution in [0.4, 0.5) is 0 Å². The molecule has 4 aromatic rings. The molecule has 3 aliphatic heterocycles. The summed E-state index contributed by atoms with van der Waals surface area (Å²) in [6.07, 6.45) is 7.27. The lowest BCUT2D eigenvalue weighted by Gasteiger charge is -2.39. The molecule has 1 saturated carbocycles. The Morgan fingerprint density at radius 2 is 1.67 bits per heavy atom. The number of hydrogen-bond acceptors (Lipinski definition) is 8. The Morgan fingerprint density at radius 1 is 0.884 bits per heavy atom. The van der Waals surface area contributed by atoms with E-state index in [9.17, 15) is 19.2 Å². The lowest BCUT2D eigenvalue weighted by molar-refractivity contribution is -0.136. The van der Waals surface area contributed by atoms with Crippen LogP contribution in [0, 0.1) is 0 Å². The van der Waals surface area contributed by atoms with Gasteiger partial charge in [-0.1, -0.05) is 18.2 Å². The molecule has 0 bridgehead atoms. The minimum absolute atomic E-state index is 0.102. The van der Waals surface area contributed by atoms with E-state index in [0.29, 0.717) is 17.0 Å². The first-order valence-electron chi connectivity index (χ1n) is 14.8. The number of rotatable bonds is 7. The molecule has 2 aromatic heterocycles. The molecule has 11 heteroatoms. The van der Waals surface area contributed by atoms with Gasteiger partial charge in [-0.15, -0.1) is 0 Å². The zero-order valence-corrected chi connectivity index (χ0v) is 23.4. The molecule has 4 aliphatic rings. The van der Waals surface area contributed by atoms with Crippen molar-refractivity contribution in [1.29, 1.82) is 0 Å². The molecular formula is C32H29N7O4. The number of carbonyl (C=O) groups excluding carboxylic acids is 4. The van der Waals surface area contributed by atoms with Crippen molar-refractivity contribution in [2.45, 2.75) is 50.1 Å². The van der Waals surface area contributed by atoms with Gasteiger partial charge in [0.15, 0.2) is 0 Å². The molecule has 2 aromatic carbocycles. The summed E-state index contributed by atoms with van der Waals surface area (Å²) in [5.74, 6) is -1.45. The van der Waals surface area contributed by atoms with Crippen LogP contribution >= 0.6 is 0 Å². The van der Waals surface area contributed by atoms with Crippen molar-refractivity contribution in [2.75, 3.05) is 19.6 Å². The van der Waals surface area contributed by atoms with E-state index >= 15 is 0 Å². The highest BCUT2D eigenvalue weighted by Gasteiger charge is 2.44. The maximum Gasteiger partial charge on any atom is 0.262 e. The topological polar surface area (TPSA) is 130 Å². The summed E-state index contributed by atoms with van der Waals surface area (Å²) in [4.78, 5) is 62.8. The molecule has 8 rings (SSSR count). The van der Waals surface area contributed by atoms with Crippen LogP contribution in [0.1, 0.15) is 69.6 Å². The third-order valence-corrected chi connectivity index (χ3v) is 8.98. The molecule has 4 amide bonds. The molecule has 0 spiro atoms. The Kier molecular flexibility index (Phi) is 5.97. The summed E-state index contributed by atoms with van der Waals surface area (Å²) >= 11 is 0. The maximum absolute atomic E-state index is 13.2. The molecule has 1 N–H and O–H groups in total. The van der Waals surface area contributed by atoms with E-state index in [2.05, 4.69) is 26.1 Å². The monoisotopic (exact) mass is 575 g/mol. The zero-order valence-electron chi connectivity index (χ0n) is 23.4. The number of hydrogen-bond donors (Lipinski definition) is 1. The summed E-state index contributed by atoms with van der Waals surface area (Å²) in [5.41, 5.74) is 6.40. The summed E-state index contributed by atoms with van der Waals surface area (Å²) in [6.45, 7) is 2.56. The zero-order chi connectivity index (χ0) is 29.2.